The van der Waals surface area contributed by atoms with Gasteiger partial charge < -0.3 is 14.1 Å². The van der Waals surface area contributed by atoms with Crippen molar-refractivity contribution >= 4 is 17.2 Å². The number of aryl methyl sites for hydroxylation is 2. The molecule has 1 aliphatic carbocycles. The predicted molar refractivity (Wildman–Crippen MR) is 94.4 cm³/mol. The van der Waals surface area contributed by atoms with Crippen LogP contribution in [0.1, 0.15) is 46.8 Å². The molecular weight excluding hydrogens is 324 g/mol. The molecule has 0 N–H and O–H groups in total. The summed E-state index contributed by atoms with van der Waals surface area (Å²) in [7, 11) is 3.66. The van der Waals surface area contributed by atoms with E-state index in [0.29, 0.717) is 11.0 Å². The average Bonchev–Trinajstić information content (AvgIpc) is 3.19. The second kappa shape index (κ2) is 7.07. The number of rotatable bonds is 4. The number of nitrogens with zero attached hydrogens (tertiary/aromatic N) is 2. The average molecular weight is 348 g/mol. The molecule has 2 aromatic heterocycles. The molecule has 6 heteroatoms. The Morgan fingerprint density at radius 2 is 2.00 bits per heavy atom. The van der Waals surface area contributed by atoms with E-state index >= 15 is 0 Å². The van der Waals surface area contributed by atoms with Gasteiger partial charge in [0.15, 0.2) is 10.8 Å². The van der Waals surface area contributed by atoms with E-state index in [1.54, 1.807) is 7.11 Å². The molecule has 0 bridgehead atoms. The molecule has 1 amide bonds. The fraction of sp³-hybridized carbons (Fsp3) is 0.556. The third-order valence-electron chi connectivity index (χ3n) is 4.79. The van der Waals surface area contributed by atoms with Crippen molar-refractivity contribution in [1.82, 2.24) is 9.88 Å². The highest BCUT2D eigenvalue weighted by Gasteiger charge is 2.29. The van der Waals surface area contributed by atoms with Crippen LogP contribution >= 0.6 is 11.3 Å². The van der Waals surface area contributed by atoms with Gasteiger partial charge >= 0.3 is 0 Å². The van der Waals surface area contributed by atoms with Gasteiger partial charge in [-0.2, -0.15) is 0 Å². The maximum atomic E-state index is 12.9. The molecule has 0 radical (unpaired) electrons. The van der Waals surface area contributed by atoms with Gasteiger partial charge in [-0.3, -0.25) is 4.79 Å². The molecule has 0 saturated heterocycles. The quantitative estimate of drug-likeness (QED) is 0.836. The van der Waals surface area contributed by atoms with Crippen LogP contribution in [0.25, 0.3) is 10.8 Å². The number of furan rings is 1. The van der Waals surface area contributed by atoms with Crippen molar-refractivity contribution in [1.29, 1.82) is 0 Å². The van der Waals surface area contributed by atoms with Gasteiger partial charge in [-0.1, -0.05) is 0 Å². The Morgan fingerprint density at radius 1 is 1.29 bits per heavy atom. The number of hydrogen-bond donors (Lipinski definition) is 0. The van der Waals surface area contributed by atoms with Gasteiger partial charge in [0.1, 0.15) is 10.6 Å². The molecule has 2 heterocycles. The van der Waals surface area contributed by atoms with Crippen LogP contribution in [0.3, 0.4) is 0 Å². The fourth-order valence-corrected chi connectivity index (χ4v) is 4.25. The molecule has 0 unspecified atom stereocenters. The van der Waals surface area contributed by atoms with Gasteiger partial charge in [0.2, 0.25) is 0 Å². The molecule has 3 rings (SSSR count). The molecule has 0 atom stereocenters. The van der Waals surface area contributed by atoms with Crippen molar-refractivity contribution in [2.24, 2.45) is 0 Å². The van der Waals surface area contributed by atoms with Crippen LogP contribution in [0.5, 0.6) is 0 Å². The number of aromatic nitrogens is 1. The number of amides is 1. The molecule has 1 aliphatic rings. The van der Waals surface area contributed by atoms with E-state index in [9.17, 15) is 4.79 Å². The molecule has 5 nitrogen and oxygen atoms in total. The molecule has 0 aliphatic heterocycles. The smallest absolute Gasteiger partial charge is 0.265 e. The molecule has 0 spiro atoms. The summed E-state index contributed by atoms with van der Waals surface area (Å²) in [5.41, 5.74) is 0.770. The van der Waals surface area contributed by atoms with Crippen molar-refractivity contribution in [3.05, 3.63) is 28.5 Å². The minimum Gasteiger partial charge on any atom is -0.459 e. The van der Waals surface area contributed by atoms with Gasteiger partial charge in [-0.25, -0.2) is 4.98 Å². The van der Waals surface area contributed by atoms with Crippen molar-refractivity contribution in [3.8, 4) is 10.8 Å². The zero-order chi connectivity index (χ0) is 17.3. The van der Waals surface area contributed by atoms with E-state index in [1.165, 1.54) is 11.3 Å². The Bertz CT molecular complexity index is 714. The van der Waals surface area contributed by atoms with E-state index in [4.69, 9.17) is 9.15 Å². The maximum absolute atomic E-state index is 12.9. The zero-order valence-corrected chi connectivity index (χ0v) is 15.5. The number of methoxy groups -OCH3 is 1. The lowest BCUT2D eigenvalue weighted by Gasteiger charge is -2.34. The third kappa shape index (κ3) is 3.39. The first-order chi connectivity index (χ1) is 11.5. The fourth-order valence-electron chi connectivity index (χ4n) is 3.24. The van der Waals surface area contributed by atoms with Crippen LogP contribution < -0.4 is 0 Å². The first-order valence-electron chi connectivity index (χ1n) is 8.33. The highest BCUT2D eigenvalue weighted by Crippen LogP contribution is 2.31. The molecule has 1 fully saturated rings. The maximum Gasteiger partial charge on any atom is 0.265 e. The molecule has 130 valence electrons. The van der Waals surface area contributed by atoms with Crippen molar-refractivity contribution in [2.45, 2.75) is 51.7 Å². The Labute approximate surface area is 146 Å². The number of ether oxygens (including phenoxy) is 1. The predicted octanol–water partition coefficient (Wildman–Crippen LogP) is 4.05. The lowest BCUT2D eigenvalue weighted by Crippen LogP contribution is -2.40. The van der Waals surface area contributed by atoms with E-state index in [1.807, 2.05) is 37.9 Å². The van der Waals surface area contributed by atoms with Crippen LogP contribution in [0.15, 0.2) is 16.5 Å². The van der Waals surface area contributed by atoms with Crippen LogP contribution in [-0.2, 0) is 4.74 Å². The number of thiazole rings is 1. The van der Waals surface area contributed by atoms with Crippen LogP contribution in [-0.4, -0.2) is 42.1 Å². The monoisotopic (exact) mass is 348 g/mol. The Hall–Kier alpha value is -1.66. The van der Waals surface area contributed by atoms with E-state index in [0.717, 1.165) is 47.9 Å². The third-order valence-corrected chi connectivity index (χ3v) is 5.95. The lowest BCUT2D eigenvalue weighted by atomic mass is 9.92. The van der Waals surface area contributed by atoms with Crippen molar-refractivity contribution in [2.75, 3.05) is 14.2 Å². The summed E-state index contributed by atoms with van der Waals surface area (Å²) < 4.78 is 11.0. The summed E-state index contributed by atoms with van der Waals surface area (Å²) >= 11 is 1.41. The largest absolute Gasteiger partial charge is 0.459 e. The summed E-state index contributed by atoms with van der Waals surface area (Å²) in [6.45, 7) is 3.79. The Balaban J connectivity index is 1.74. The zero-order valence-electron chi connectivity index (χ0n) is 14.7. The normalized spacial score (nSPS) is 21.0. The first kappa shape index (κ1) is 17.2. The standard InChI is InChI=1S/C18H24N2O3S/c1-11-5-10-15(23-11)17-19-12(2)16(24-17)18(21)20(3)13-6-8-14(22-4)9-7-13/h5,10,13-14H,6-9H2,1-4H3. The van der Waals surface area contributed by atoms with E-state index in [-0.39, 0.29) is 11.9 Å². The SMILES string of the molecule is COC1CCC(N(C)C(=O)c2sc(-c3ccc(C)o3)nc2C)CC1. The highest BCUT2D eigenvalue weighted by molar-refractivity contribution is 7.17. The van der Waals surface area contributed by atoms with Gasteiger partial charge in [-0.05, 0) is 51.7 Å². The number of carbonyl (C=O) groups excluding carboxylic acids is 1. The summed E-state index contributed by atoms with van der Waals surface area (Å²) in [5, 5.41) is 0.764. The van der Waals surface area contributed by atoms with Crippen molar-refractivity contribution in [3.63, 3.8) is 0 Å². The van der Waals surface area contributed by atoms with E-state index < -0.39 is 0 Å². The molecule has 2 aromatic rings. The Kier molecular flexibility index (Phi) is 5.06. The summed E-state index contributed by atoms with van der Waals surface area (Å²) in [6.07, 6.45) is 4.34. The van der Waals surface area contributed by atoms with Gasteiger partial charge in [0, 0.05) is 20.2 Å². The van der Waals surface area contributed by atoms with Crippen molar-refractivity contribution < 1.29 is 13.9 Å². The van der Waals surface area contributed by atoms with Gasteiger partial charge in [0.05, 0.1) is 11.8 Å². The molecular formula is C18H24N2O3S. The van der Waals surface area contributed by atoms with Crippen LogP contribution in [0, 0.1) is 13.8 Å². The second-order valence-electron chi connectivity index (χ2n) is 6.43. The second-order valence-corrected chi connectivity index (χ2v) is 7.43. The minimum atomic E-state index is 0.0559. The molecule has 24 heavy (non-hydrogen) atoms. The molecule has 1 saturated carbocycles. The summed E-state index contributed by atoms with van der Waals surface area (Å²) in [6, 6.07) is 4.09. The van der Waals surface area contributed by atoms with Crippen LogP contribution in [0.4, 0.5) is 0 Å². The first-order valence-corrected chi connectivity index (χ1v) is 9.15. The Morgan fingerprint density at radius 3 is 2.58 bits per heavy atom. The summed E-state index contributed by atoms with van der Waals surface area (Å²) in [4.78, 5) is 20.0. The highest BCUT2D eigenvalue weighted by atomic mass is 32.1. The summed E-state index contributed by atoms with van der Waals surface area (Å²) in [5.74, 6) is 1.63. The van der Waals surface area contributed by atoms with Gasteiger partial charge in [-0.15, -0.1) is 11.3 Å². The molecule has 0 aromatic carbocycles. The van der Waals surface area contributed by atoms with E-state index in [2.05, 4.69) is 4.98 Å². The topological polar surface area (TPSA) is 55.6 Å². The van der Waals surface area contributed by atoms with Gasteiger partial charge in [0.25, 0.3) is 5.91 Å². The van der Waals surface area contributed by atoms with Crippen LogP contribution in [0.2, 0.25) is 0 Å². The number of carbonyl (C=O) groups is 1. The number of hydrogen-bond acceptors (Lipinski definition) is 5. The minimum absolute atomic E-state index is 0.0559. The lowest BCUT2D eigenvalue weighted by molar-refractivity contribution is 0.0387.